The van der Waals surface area contributed by atoms with Crippen molar-refractivity contribution < 1.29 is 9.47 Å². The molecular formula is C18H29NO2. The van der Waals surface area contributed by atoms with E-state index in [0.29, 0.717) is 13.2 Å². The third-order valence-corrected chi connectivity index (χ3v) is 3.79. The average Bonchev–Trinajstić information content (AvgIpc) is 2.51. The lowest BCUT2D eigenvalue weighted by atomic mass is 9.94. The highest BCUT2D eigenvalue weighted by atomic mass is 16.5. The number of hydrogen-bond donors (Lipinski definition) is 1. The van der Waals surface area contributed by atoms with Crippen LogP contribution in [0, 0.1) is 0 Å². The van der Waals surface area contributed by atoms with E-state index in [0.717, 1.165) is 12.1 Å². The first-order chi connectivity index (χ1) is 10.1. The molecule has 1 unspecified atom stereocenters. The fraction of sp³-hybridized carbons (Fsp3) is 0.556. The van der Waals surface area contributed by atoms with E-state index < -0.39 is 5.60 Å². The van der Waals surface area contributed by atoms with Gasteiger partial charge in [0.2, 0.25) is 0 Å². The number of allylic oxidation sites excluding steroid dienone is 1. The second-order valence-corrected chi connectivity index (χ2v) is 5.25. The zero-order valence-corrected chi connectivity index (χ0v) is 14.0. The minimum Gasteiger partial charge on any atom is -0.389 e. The predicted molar refractivity (Wildman–Crippen MR) is 88.2 cm³/mol. The first-order valence-electron chi connectivity index (χ1n) is 7.76. The summed E-state index contributed by atoms with van der Waals surface area (Å²) in [6.07, 6.45) is 3.09. The van der Waals surface area contributed by atoms with Gasteiger partial charge >= 0.3 is 0 Å². The Morgan fingerprint density at radius 3 is 2.48 bits per heavy atom. The van der Waals surface area contributed by atoms with Crippen molar-refractivity contribution >= 4 is 0 Å². The van der Waals surface area contributed by atoms with Gasteiger partial charge in [-0.25, -0.2) is 0 Å². The minimum atomic E-state index is -0.489. The van der Waals surface area contributed by atoms with Gasteiger partial charge in [0.1, 0.15) is 5.60 Å². The van der Waals surface area contributed by atoms with Crippen LogP contribution in [0.5, 0.6) is 0 Å². The molecule has 0 heterocycles. The van der Waals surface area contributed by atoms with Gasteiger partial charge in [-0.1, -0.05) is 43.3 Å². The van der Waals surface area contributed by atoms with Crippen molar-refractivity contribution in [1.29, 1.82) is 0 Å². The monoisotopic (exact) mass is 291 g/mol. The summed E-state index contributed by atoms with van der Waals surface area (Å²) >= 11 is 0. The van der Waals surface area contributed by atoms with Crippen LogP contribution in [0.25, 0.3) is 0 Å². The van der Waals surface area contributed by atoms with E-state index in [1.807, 2.05) is 32.2 Å². The fourth-order valence-electron chi connectivity index (χ4n) is 2.39. The SMILES string of the molecule is CC/C=C(/NC)C(C)(OCc1ccccc1)[C@@H](C)OCC. The van der Waals surface area contributed by atoms with Crippen molar-refractivity contribution in [2.75, 3.05) is 13.7 Å². The summed E-state index contributed by atoms with van der Waals surface area (Å²) < 4.78 is 12.1. The summed E-state index contributed by atoms with van der Waals surface area (Å²) in [5, 5.41) is 3.28. The van der Waals surface area contributed by atoms with Crippen molar-refractivity contribution in [2.45, 2.75) is 52.4 Å². The number of nitrogens with one attached hydrogen (secondary N) is 1. The standard InChI is InChI=1S/C18H29NO2/c1-6-11-17(19-5)18(4,15(3)20-7-2)21-14-16-12-9-8-10-13-16/h8-13,15,19H,6-7,14H2,1-5H3/b17-11+/t15-,18?/m1/s1. The van der Waals surface area contributed by atoms with Gasteiger partial charge < -0.3 is 14.8 Å². The maximum absolute atomic E-state index is 6.28. The second kappa shape index (κ2) is 8.85. The van der Waals surface area contributed by atoms with Crippen LogP contribution in [0.4, 0.5) is 0 Å². The number of benzene rings is 1. The molecule has 0 aliphatic carbocycles. The molecule has 3 heteroatoms. The molecule has 0 amide bonds. The third-order valence-electron chi connectivity index (χ3n) is 3.79. The molecule has 0 fully saturated rings. The van der Waals surface area contributed by atoms with Gasteiger partial charge in [0.15, 0.2) is 0 Å². The van der Waals surface area contributed by atoms with Gasteiger partial charge in [-0.05, 0) is 32.8 Å². The molecule has 0 bridgehead atoms. The van der Waals surface area contributed by atoms with E-state index in [1.165, 1.54) is 5.56 Å². The summed E-state index contributed by atoms with van der Waals surface area (Å²) in [6.45, 7) is 9.53. The summed E-state index contributed by atoms with van der Waals surface area (Å²) in [6, 6.07) is 10.2. The summed E-state index contributed by atoms with van der Waals surface area (Å²) in [4.78, 5) is 0. The summed E-state index contributed by atoms with van der Waals surface area (Å²) in [5.74, 6) is 0. The van der Waals surface area contributed by atoms with Crippen LogP contribution < -0.4 is 5.32 Å². The molecule has 1 N–H and O–H groups in total. The van der Waals surface area contributed by atoms with Gasteiger partial charge in [-0.3, -0.25) is 0 Å². The molecule has 0 saturated carbocycles. The maximum atomic E-state index is 6.28. The Morgan fingerprint density at radius 2 is 1.95 bits per heavy atom. The highest BCUT2D eigenvalue weighted by molar-refractivity contribution is 5.18. The number of ether oxygens (including phenoxy) is 2. The molecule has 0 aromatic heterocycles. The Morgan fingerprint density at radius 1 is 1.29 bits per heavy atom. The Kier molecular flexibility index (Phi) is 7.48. The first-order valence-corrected chi connectivity index (χ1v) is 7.76. The van der Waals surface area contributed by atoms with Crippen LogP contribution in [0.1, 0.15) is 39.7 Å². The van der Waals surface area contributed by atoms with Crippen LogP contribution >= 0.6 is 0 Å². The lowest BCUT2D eigenvalue weighted by molar-refractivity contribution is -0.116. The lowest BCUT2D eigenvalue weighted by Gasteiger charge is -2.37. The predicted octanol–water partition coefficient (Wildman–Crippen LogP) is 3.90. The zero-order valence-electron chi connectivity index (χ0n) is 14.0. The normalized spacial score (nSPS) is 16.3. The Labute approximate surface area is 129 Å². The van der Waals surface area contributed by atoms with E-state index in [-0.39, 0.29) is 6.10 Å². The van der Waals surface area contributed by atoms with E-state index in [1.54, 1.807) is 0 Å². The third kappa shape index (κ3) is 4.87. The molecule has 21 heavy (non-hydrogen) atoms. The molecule has 0 radical (unpaired) electrons. The molecule has 0 spiro atoms. The molecule has 1 aromatic rings. The highest BCUT2D eigenvalue weighted by Crippen LogP contribution is 2.28. The van der Waals surface area contributed by atoms with E-state index >= 15 is 0 Å². The molecule has 2 atom stereocenters. The summed E-state index contributed by atoms with van der Waals surface area (Å²) in [7, 11) is 1.93. The topological polar surface area (TPSA) is 30.5 Å². The Balaban J connectivity index is 2.93. The van der Waals surface area contributed by atoms with Gasteiger partial charge in [-0.2, -0.15) is 0 Å². The van der Waals surface area contributed by atoms with Crippen molar-refractivity contribution in [1.82, 2.24) is 5.32 Å². The van der Waals surface area contributed by atoms with Crippen LogP contribution in [0.3, 0.4) is 0 Å². The van der Waals surface area contributed by atoms with E-state index in [2.05, 4.69) is 44.3 Å². The van der Waals surface area contributed by atoms with Crippen LogP contribution in [0.2, 0.25) is 0 Å². The molecule has 1 rings (SSSR count). The van der Waals surface area contributed by atoms with Gasteiger partial charge in [-0.15, -0.1) is 0 Å². The Hall–Kier alpha value is -1.32. The number of likely N-dealkylation sites (N-methyl/N-ethyl adjacent to an activating group) is 1. The van der Waals surface area contributed by atoms with Crippen molar-refractivity contribution in [3.05, 3.63) is 47.7 Å². The highest BCUT2D eigenvalue weighted by Gasteiger charge is 2.36. The molecular weight excluding hydrogens is 262 g/mol. The van der Waals surface area contributed by atoms with Crippen molar-refractivity contribution in [3.63, 3.8) is 0 Å². The van der Waals surface area contributed by atoms with Crippen molar-refractivity contribution in [2.24, 2.45) is 0 Å². The zero-order chi connectivity index (χ0) is 15.7. The quantitative estimate of drug-likeness (QED) is 0.748. The molecule has 0 aliphatic rings. The molecule has 0 aliphatic heterocycles. The molecule has 118 valence electrons. The largest absolute Gasteiger partial charge is 0.389 e. The van der Waals surface area contributed by atoms with Gasteiger partial charge in [0, 0.05) is 19.4 Å². The van der Waals surface area contributed by atoms with Crippen LogP contribution in [-0.4, -0.2) is 25.4 Å². The van der Waals surface area contributed by atoms with Crippen LogP contribution in [0.15, 0.2) is 42.1 Å². The summed E-state index contributed by atoms with van der Waals surface area (Å²) in [5.41, 5.74) is 1.75. The van der Waals surface area contributed by atoms with Gasteiger partial charge in [0.25, 0.3) is 0 Å². The van der Waals surface area contributed by atoms with E-state index in [9.17, 15) is 0 Å². The maximum Gasteiger partial charge on any atom is 0.130 e. The Bertz CT molecular complexity index is 430. The number of hydrogen-bond acceptors (Lipinski definition) is 3. The van der Waals surface area contributed by atoms with Gasteiger partial charge in [0.05, 0.1) is 12.7 Å². The smallest absolute Gasteiger partial charge is 0.130 e. The molecule has 0 saturated heterocycles. The lowest BCUT2D eigenvalue weighted by Crippen LogP contribution is -2.47. The van der Waals surface area contributed by atoms with Crippen LogP contribution in [-0.2, 0) is 16.1 Å². The fourth-order valence-corrected chi connectivity index (χ4v) is 2.39. The first kappa shape index (κ1) is 17.7. The minimum absolute atomic E-state index is 0.0311. The number of rotatable bonds is 9. The molecule has 3 nitrogen and oxygen atoms in total. The second-order valence-electron chi connectivity index (χ2n) is 5.25. The average molecular weight is 291 g/mol. The van der Waals surface area contributed by atoms with E-state index in [4.69, 9.17) is 9.47 Å². The van der Waals surface area contributed by atoms with Crippen molar-refractivity contribution in [3.8, 4) is 0 Å². The molecule has 1 aromatic carbocycles.